The van der Waals surface area contributed by atoms with Crippen LogP contribution in [0.5, 0.6) is 0 Å². The number of halogens is 2. The molecule has 1 aliphatic heterocycles. The molecular formula is C18H22F2N4O. The maximum absolute atomic E-state index is 13.3. The molecule has 1 aromatic carbocycles. The highest BCUT2D eigenvalue weighted by Gasteiger charge is 2.31. The summed E-state index contributed by atoms with van der Waals surface area (Å²) in [7, 11) is 2.07. The molecule has 1 aliphatic carbocycles. The summed E-state index contributed by atoms with van der Waals surface area (Å²) in [6, 6.07) is 4.52. The summed E-state index contributed by atoms with van der Waals surface area (Å²) in [5.74, 6) is 0.408. The molecule has 0 amide bonds. The summed E-state index contributed by atoms with van der Waals surface area (Å²) >= 11 is 0. The van der Waals surface area contributed by atoms with E-state index in [0.29, 0.717) is 25.0 Å². The molecule has 0 radical (unpaired) electrons. The van der Waals surface area contributed by atoms with Gasteiger partial charge in [0.1, 0.15) is 0 Å². The Morgan fingerprint density at radius 1 is 1.24 bits per heavy atom. The Kier molecular flexibility index (Phi) is 4.52. The quantitative estimate of drug-likeness (QED) is 0.803. The Hall–Kier alpha value is -1.86. The van der Waals surface area contributed by atoms with E-state index >= 15 is 0 Å². The van der Waals surface area contributed by atoms with Crippen LogP contribution < -0.4 is 0 Å². The van der Waals surface area contributed by atoms with E-state index in [1.54, 1.807) is 6.07 Å². The van der Waals surface area contributed by atoms with Gasteiger partial charge in [-0.2, -0.15) is 4.98 Å². The highest BCUT2D eigenvalue weighted by atomic mass is 19.2. The van der Waals surface area contributed by atoms with Crippen LogP contribution in [0.4, 0.5) is 8.78 Å². The van der Waals surface area contributed by atoms with Gasteiger partial charge in [0.25, 0.3) is 0 Å². The molecule has 4 rings (SSSR count). The third-order valence-electron chi connectivity index (χ3n) is 5.06. The van der Waals surface area contributed by atoms with Gasteiger partial charge in [-0.1, -0.05) is 11.2 Å². The van der Waals surface area contributed by atoms with Crippen molar-refractivity contribution < 1.29 is 13.3 Å². The predicted molar refractivity (Wildman–Crippen MR) is 87.8 cm³/mol. The molecule has 1 atom stereocenters. The summed E-state index contributed by atoms with van der Waals surface area (Å²) in [4.78, 5) is 8.98. The van der Waals surface area contributed by atoms with Gasteiger partial charge in [0.15, 0.2) is 17.5 Å². The molecule has 2 heterocycles. The van der Waals surface area contributed by atoms with Crippen molar-refractivity contribution in [2.75, 3.05) is 20.1 Å². The number of nitrogens with zero attached hydrogens (tertiary/aromatic N) is 4. The summed E-state index contributed by atoms with van der Waals surface area (Å²) < 4.78 is 31.7. The zero-order chi connectivity index (χ0) is 17.4. The average molecular weight is 348 g/mol. The molecule has 7 heteroatoms. The number of hydrogen-bond donors (Lipinski definition) is 0. The van der Waals surface area contributed by atoms with E-state index in [4.69, 9.17) is 4.52 Å². The first kappa shape index (κ1) is 16.6. The van der Waals surface area contributed by atoms with E-state index in [-0.39, 0.29) is 0 Å². The average Bonchev–Trinajstić information content (AvgIpc) is 3.15. The normalized spacial score (nSPS) is 21.4. The van der Waals surface area contributed by atoms with Crippen molar-refractivity contribution in [2.45, 2.75) is 44.3 Å². The number of hydrogen-bond acceptors (Lipinski definition) is 5. The van der Waals surface area contributed by atoms with Crippen molar-refractivity contribution in [3.8, 4) is 0 Å². The first-order valence-corrected chi connectivity index (χ1v) is 8.77. The predicted octanol–water partition coefficient (Wildman–Crippen LogP) is 2.93. The minimum Gasteiger partial charge on any atom is -0.339 e. The minimum atomic E-state index is -0.798. The lowest BCUT2D eigenvalue weighted by atomic mass is 10.2. The Bertz CT molecular complexity index is 746. The number of rotatable bonds is 6. The van der Waals surface area contributed by atoms with Gasteiger partial charge in [-0.15, -0.1) is 0 Å². The molecule has 1 saturated carbocycles. The molecule has 1 aromatic heterocycles. The van der Waals surface area contributed by atoms with Gasteiger partial charge in [0.05, 0.1) is 6.54 Å². The van der Waals surface area contributed by atoms with Crippen molar-refractivity contribution in [1.29, 1.82) is 0 Å². The van der Waals surface area contributed by atoms with Crippen LogP contribution in [0.2, 0.25) is 0 Å². The van der Waals surface area contributed by atoms with Crippen LogP contribution in [0.3, 0.4) is 0 Å². The molecule has 0 unspecified atom stereocenters. The first-order chi connectivity index (χ1) is 12.1. The van der Waals surface area contributed by atoms with E-state index in [0.717, 1.165) is 49.6 Å². The van der Waals surface area contributed by atoms with Gasteiger partial charge < -0.3 is 4.52 Å². The maximum atomic E-state index is 13.3. The fourth-order valence-corrected chi connectivity index (χ4v) is 3.39. The van der Waals surface area contributed by atoms with Gasteiger partial charge in [0, 0.05) is 31.6 Å². The third-order valence-corrected chi connectivity index (χ3v) is 5.06. The van der Waals surface area contributed by atoms with Crippen LogP contribution in [0.25, 0.3) is 0 Å². The second kappa shape index (κ2) is 6.80. The van der Waals surface area contributed by atoms with Crippen LogP contribution in [0.1, 0.15) is 42.5 Å². The lowest BCUT2D eigenvalue weighted by Gasteiger charge is -2.23. The monoisotopic (exact) mass is 348 g/mol. The van der Waals surface area contributed by atoms with Crippen molar-refractivity contribution in [1.82, 2.24) is 19.9 Å². The zero-order valence-corrected chi connectivity index (χ0v) is 14.3. The Morgan fingerprint density at radius 3 is 2.84 bits per heavy atom. The smallest absolute Gasteiger partial charge is 0.229 e. The van der Waals surface area contributed by atoms with Crippen LogP contribution in [0.15, 0.2) is 22.7 Å². The maximum Gasteiger partial charge on any atom is 0.229 e. The summed E-state index contributed by atoms with van der Waals surface area (Å²) in [5.41, 5.74) is 0.800. The summed E-state index contributed by atoms with van der Waals surface area (Å²) in [6.07, 6.45) is 3.34. The fraction of sp³-hybridized carbons (Fsp3) is 0.556. The van der Waals surface area contributed by atoms with E-state index in [9.17, 15) is 8.78 Å². The number of aromatic nitrogens is 2. The standard InChI is InChI=1S/C18H22F2N4O/c1-23(11-17-21-18(25-22-17)13-3-4-13)14-6-7-24(10-14)9-12-2-5-15(19)16(20)8-12/h2,5,8,13-14H,3-4,6-7,9-11H2,1H3/t14-/m0/s1. The van der Waals surface area contributed by atoms with Crippen LogP contribution in [-0.2, 0) is 13.1 Å². The molecule has 2 aliphatic rings. The number of likely N-dealkylation sites (N-methyl/N-ethyl adjacent to an activating group) is 1. The highest BCUT2D eigenvalue weighted by molar-refractivity contribution is 5.18. The molecular weight excluding hydrogens is 326 g/mol. The second-order valence-corrected chi connectivity index (χ2v) is 7.16. The van der Waals surface area contributed by atoms with Gasteiger partial charge >= 0.3 is 0 Å². The number of likely N-dealkylation sites (tertiary alicyclic amines) is 1. The topological polar surface area (TPSA) is 45.4 Å². The van der Waals surface area contributed by atoms with Crippen molar-refractivity contribution in [2.24, 2.45) is 0 Å². The van der Waals surface area contributed by atoms with Crippen LogP contribution in [0, 0.1) is 11.6 Å². The molecule has 2 aromatic rings. The van der Waals surface area contributed by atoms with Gasteiger partial charge in [-0.3, -0.25) is 9.80 Å². The van der Waals surface area contributed by atoms with E-state index in [1.807, 2.05) is 0 Å². The lowest BCUT2D eigenvalue weighted by molar-refractivity contribution is 0.215. The van der Waals surface area contributed by atoms with E-state index in [2.05, 4.69) is 27.0 Å². The van der Waals surface area contributed by atoms with Gasteiger partial charge in [-0.25, -0.2) is 8.78 Å². The molecule has 0 spiro atoms. The Morgan fingerprint density at radius 2 is 2.08 bits per heavy atom. The Labute approximate surface area is 145 Å². The van der Waals surface area contributed by atoms with Gasteiger partial charge in [-0.05, 0) is 44.0 Å². The molecule has 0 N–H and O–H groups in total. The second-order valence-electron chi connectivity index (χ2n) is 7.16. The molecule has 5 nitrogen and oxygen atoms in total. The van der Waals surface area contributed by atoms with Crippen molar-refractivity contribution >= 4 is 0 Å². The molecule has 134 valence electrons. The Balaban J connectivity index is 1.30. The summed E-state index contributed by atoms with van der Waals surface area (Å²) in [5, 5.41) is 4.07. The molecule has 0 bridgehead atoms. The van der Waals surface area contributed by atoms with Crippen molar-refractivity contribution in [3.63, 3.8) is 0 Å². The molecule has 25 heavy (non-hydrogen) atoms. The van der Waals surface area contributed by atoms with Crippen LogP contribution >= 0.6 is 0 Å². The zero-order valence-electron chi connectivity index (χ0n) is 14.3. The van der Waals surface area contributed by atoms with Crippen LogP contribution in [-0.4, -0.2) is 46.1 Å². The molecule has 1 saturated heterocycles. The third kappa shape index (κ3) is 3.88. The van der Waals surface area contributed by atoms with E-state index < -0.39 is 11.6 Å². The molecule has 2 fully saturated rings. The van der Waals surface area contributed by atoms with Crippen molar-refractivity contribution in [3.05, 3.63) is 47.1 Å². The fourth-order valence-electron chi connectivity index (χ4n) is 3.39. The lowest BCUT2D eigenvalue weighted by Crippen LogP contribution is -2.34. The summed E-state index contributed by atoms with van der Waals surface area (Å²) in [6.45, 7) is 3.13. The highest BCUT2D eigenvalue weighted by Crippen LogP contribution is 2.38. The number of benzene rings is 1. The van der Waals surface area contributed by atoms with E-state index in [1.165, 1.54) is 12.1 Å². The van der Waals surface area contributed by atoms with Gasteiger partial charge in [0.2, 0.25) is 5.89 Å². The minimum absolute atomic E-state index is 0.396. The SMILES string of the molecule is CN(Cc1noc(C2CC2)n1)[C@H]1CCN(Cc2ccc(F)c(F)c2)C1. The largest absolute Gasteiger partial charge is 0.339 e. The first-order valence-electron chi connectivity index (χ1n) is 8.77.